The lowest BCUT2D eigenvalue weighted by atomic mass is 10.2. The molecule has 0 aliphatic carbocycles. The van der Waals surface area contributed by atoms with E-state index >= 15 is 0 Å². The van der Waals surface area contributed by atoms with E-state index in [2.05, 4.69) is 11.3 Å². The first-order valence-corrected chi connectivity index (χ1v) is 3.01. The predicted molar refractivity (Wildman–Crippen MR) is 37.1 cm³/mol. The van der Waals surface area contributed by atoms with Crippen LogP contribution in [0.2, 0.25) is 0 Å². The van der Waals surface area contributed by atoms with Crippen LogP contribution in [0.3, 0.4) is 0 Å². The molecule has 0 bridgehead atoms. The topological polar surface area (TPSA) is 70.3 Å². The number of nitriles is 1. The molecule has 0 saturated heterocycles. The molecule has 1 unspecified atom stereocenters. The maximum Gasteiger partial charge on any atom is 0.313 e. The fraction of sp³-hybridized carbons (Fsp3) is 0.429. The van der Waals surface area contributed by atoms with Gasteiger partial charge in [-0.2, -0.15) is 5.26 Å². The summed E-state index contributed by atoms with van der Waals surface area (Å²) >= 11 is 0. The number of esters is 1. The Morgan fingerprint density at radius 2 is 2.45 bits per heavy atom. The third-order valence-corrected chi connectivity index (χ3v) is 0.818. The normalized spacial score (nSPS) is 11.4. The van der Waals surface area contributed by atoms with Gasteiger partial charge in [0.1, 0.15) is 0 Å². The summed E-state index contributed by atoms with van der Waals surface area (Å²) < 4.78 is 4.33. The van der Waals surface area contributed by atoms with Crippen LogP contribution in [0, 0.1) is 11.3 Å². The van der Waals surface area contributed by atoms with Crippen molar-refractivity contribution in [1.82, 2.24) is 0 Å². The Bertz CT molecular complexity index is 202. The molecule has 0 aliphatic rings. The van der Waals surface area contributed by atoms with Crippen molar-refractivity contribution in [1.29, 1.82) is 5.26 Å². The second kappa shape index (κ2) is 4.47. The van der Waals surface area contributed by atoms with E-state index < -0.39 is 12.3 Å². The van der Waals surface area contributed by atoms with E-state index in [-0.39, 0.29) is 12.0 Å². The van der Waals surface area contributed by atoms with E-state index in [4.69, 9.17) is 10.4 Å². The zero-order chi connectivity index (χ0) is 8.85. The molecule has 60 valence electrons. The van der Waals surface area contributed by atoms with Crippen LogP contribution in [0.25, 0.3) is 0 Å². The van der Waals surface area contributed by atoms with Crippen LogP contribution in [-0.2, 0) is 9.53 Å². The molecule has 0 heterocycles. The Hall–Kier alpha value is -1.34. The van der Waals surface area contributed by atoms with Gasteiger partial charge in [0, 0.05) is 5.57 Å². The van der Waals surface area contributed by atoms with E-state index in [0.29, 0.717) is 0 Å². The molecule has 0 aromatic rings. The molecule has 1 atom stereocenters. The second-order valence-electron chi connectivity index (χ2n) is 1.98. The molecule has 0 rings (SSSR count). The average Bonchev–Trinajstić information content (AvgIpc) is 1.85. The predicted octanol–water partition coefficient (Wildman–Crippen LogP) is 0.338. The Morgan fingerprint density at radius 1 is 1.91 bits per heavy atom. The van der Waals surface area contributed by atoms with Crippen molar-refractivity contribution in [3.8, 4) is 6.07 Å². The molecule has 11 heavy (non-hydrogen) atoms. The van der Waals surface area contributed by atoms with Crippen molar-refractivity contribution in [2.24, 2.45) is 0 Å². The van der Waals surface area contributed by atoms with Crippen LogP contribution < -0.4 is 0 Å². The number of carbonyl (C=O) groups is 1. The number of hydrogen-bond donors (Lipinski definition) is 1. The van der Waals surface area contributed by atoms with Gasteiger partial charge in [-0.05, 0) is 6.92 Å². The Balaban J connectivity index is 3.72. The highest BCUT2D eigenvalue weighted by Crippen LogP contribution is 1.99. The summed E-state index contributed by atoms with van der Waals surface area (Å²) in [5, 5.41) is 16.8. The van der Waals surface area contributed by atoms with Gasteiger partial charge in [-0.3, -0.25) is 4.79 Å². The smallest absolute Gasteiger partial charge is 0.313 e. The quantitative estimate of drug-likeness (QED) is 0.362. The van der Waals surface area contributed by atoms with Crippen LogP contribution in [-0.4, -0.2) is 17.4 Å². The third-order valence-electron chi connectivity index (χ3n) is 0.818. The zero-order valence-corrected chi connectivity index (χ0v) is 6.20. The van der Waals surface area contributed by atoms with Gasteiger partial charge < -0.3 is 9.84 Å². The molecule has 0 saturated carbocycles. The molecule has 0 aromatic heterocycles. The maximum absolute atomic E-state index is 10.6. The van der Waals surface area contributed by atoms with E-state index in [0.717, 1.165) is 0 Å². The number of aliphatic hydroxyl groups excluding tert-OH is 1. The van der Waals surface area contributed by atoms with Gasteiger partial charge in [0.25, 0.3) is 0 Å². The molecule has 0 spiro atoms. The molecular formula is C7H9NO3. The highest BCUT2D eigenvalue weighted by Gasteiger charge is 2.07. The number of carbonyl (C=O) groups excluding carboxylic acids is 1. The lowest BCUT2D eigenvalue weighted by Crippen LogP contribution is -2.13. The first kappa shape index (κ1) is 9.66. The van der Waals surface area contributed by atoms with Crippen LogP contribution in [0.1, 0.15) is 13.3 Å². The Labute approximate surface area is 64.7 Å². The molecule has 0 aromatic carbocycles. The van der Waals surface area contributed by atoms with Gasteiger partial charge in [-0.25, -0.2) is 0 Å². The fourth-order valence-corrected chi connectivity index (χ4v) is 0.446. The molecular weight excluding hydrogens is 146 g/mol. The molecule has 4 nitrogen and oxygen atoms in total. The number of aliphatic hydroxyl groups is 1. The zero-order valence-electron chi connectivity index (χ0n) is 6.20. The molecule has 0 aliphatic heterocycles. The number of rotatable bonds is 3. The van der Waals surface area contributed by atoms with E-state index in [1.165, 1.54) is 6.92 Å². The van der Waals surface area contributed by atoms with Gasteiger partial charge in [0.15, 0.2) is 6.29 Å². The molecule has 4 heteroatoms. The van der Waals surface area contributed by atoms with Crippen molar-refractivity contribution in [3.63, 3.8) is 0 Å². The molecule has 0 radical (unpaired) electrons. The largest absolute Gasteiger partial charge is 0.436 e. The third kappa shape index (κ3) is 5.12. The summed E-state index contributed by atoms with van der Waals surface area (Å²) in [6, 6.07) is 1.69. The van der Waals surface area contributed by atoms with Crippen molar-refractivity contribution in [2.75, 3.05) is 0 Å². The van der Waals surface area contributed by atoms with Crippen LogP contribution >= 0.6 is 0 Å². The summed E-state index contributed by atoms with van der Waals surface area (Å²) in [7, 11) is 0. The van der Waals surface area contributed by atoms with Crippen molar-refractivity contribution >= 4 is 5.97 Å². The van der Waals surface area contributed by atoms with Crippen LogP contribution in [0.15, 0.2) is 12.2 Å². The average molecular weight is 155 g/mol. The summed E-state index contributed by atoms with van der Waals surface area (Å²) in [6.45, 7) is 4.59. The van der Waals surface area contributed by atoms with Crippen LogP contribution in [0.5, 0.6) is 0 Å². The molecule has 0 fully saturated rings. The number of nitrogens with zero attached hydrogens (tertiary/aromatic N) is 1. The van der Waals surface area contributed by atoms with E-state index in [1.807, 2.05) is 0 Å². The highest BCUT2D eigenvalue weighted by molar-refractivity contribution is 5.73. The van der Waals surface area contributed by atoms with Crippen molar-refractivity contribution in [3.05, 3.63) is 12.2 Å². The SMILES string of the molecule is C=C(C#N)CC(=O)OC(C)O. The minimum Gasteiger partial charge on any atom is -0.436 e. The number of ether oxygens (including phenoxy) is 1. The Kier molecular flexibility index (Phi) is 3.93. The summed E-state index contributed by atoms with van der Waals surface area (Å²) in [4.78, 5) is 10.6. The second-order valence-corrected chi connectivity index (χ2v) is 1.98. The van der Waals surface area contributed by atoms with Crippen molar-refractivity contribution in [2.45, 2.75) is 19.6 Å². The van der Waals surface area contributed by atoms with Crippen molar-refractivity contribution < 1.29 is 14.6 Å². The minimum atomic E-state index is -1.13. The number of hydrogen-bond acceptors (Lipinski definition) is 4. The van der Waals surface area contributed by atoms with E-state index in [9.17, 15) is 4.79 Å². The fourth-order valence-electron chi connectivity index (χ4n) is 0.446. The lowest BCUT2D eigenvalue weighted by Gasteiger charge is -2.04. The van der Waals surface area contributed by atoms with Gasteiger partial charge in [0.05, 0.1) is 12.5 Å². The minimum absolute atomic E-state index is 0.121. The monoisotopic (exact) mass is 155 g/mol. The summed E-state index contributed by atoms with van der Waals surface area (Å²) in [6.07, 6.45) is -1.30. The van der Waals surface area contributed by atoms with Gasteiger partial charge in [-0.15, -0.1) is 0 Å². The maximum atomic E-state index is 10.6. The lowest BCUT2D eigenvalue weighted by molar-refractivity contribution is -0.163. The standard InChI is InChI=1S/C7H9NO3/c1-5(4-8)3-7(10)11-6(2)9/h6,9H,1,3H2,2H3. The first-order chi connectivity index (χ1) is 5.06. The highest BCUT2D eigenvalue weighted by atomic mass is 16.6. The first-order valence-electron chi connectivity index (χ1n) is 3.01. The summed E-state index contributed by atoms with van der Waals surface area (Å²) in [5.74, 6) is -0.647. The molecule has 0 amide bonds. The summed E-state index contributed by atoms with van der Waals surface area (Å²) in [5.41, 5.74) is 0.121. The Morgan fingerprint density at radius 3 is 2.82 bits per heavy atom. The van der Waals surface area contributed by atoms with E-state index in [1.54, 1.807) is 6.07 Å². The van der Waals surface area contributed by atoms with Gasteiger partial charge in [0.2, 0.25) is 0 Å². The van der Waals surface area contributed by atoms with Crippen LogP contribution in [0.4, 0.5) is 0 Å². The van der Waals surface area contributed by atoms with Gasteiger partial charge >= 0.3 is 5.97 Å². The van der Waals surface area contributed by atoms with Gasteiger partial charge in [-0.1, -0.05) is 6.58 Å². The molecule has 1 N–H and O–H groups in total.